The summed E-state index contributed by atoms with van der Waals surface area (Å²) in [7, 11) is -3.83. The lowest BCUT2D eigenvalue weighted by atomic mass is 9.47. The molecular weight excluding hydrogens is 486 g/mol. The summed E-state index contributed by atoms with van der Waals surface area (Å²) in [4.78, 5) is 25.7. The minimum atomic E-state index is -3.83. The summed E-state index contributed by atoms with van der Waals surface area (Å²) < 4.78 is 28.8. The van der Waals surface area contributed by atoms with Gasteiger partial charge in [0, 0.05) is 17.5 Å². The Balaban J connectivity index is 1.18. The number of benzene rings is 2. The summed E-state index contributed by atoms with van der Waals surface area (Å²) in [5.74, 6) is 0.530. The van der Waals surface area contributed by atoms with Crippen molar-refractivity contribution in [2.75, 3.05) is 6.54 Å². The van der Waals surface area contributed by atoms with Crippen molar-refractivity contribution >= 4 is 21.8 Å². The molecule has 4 bridgehead atoms. The molecule has 5 aliphatic rings. The maximum Gasteiger partial charge on any atom is 0.243 e. The maximum absolute atomic E-state index is 13.7. The molecule has 2 atom stereocenters. The smallest absolute Gasteiger partial charge is 0.243 e. The molecule has 196 valence electrons. The van der Waals surface area contributed by atoms with Gasteiger partial charge in [-0.05, 0) is 98.4 Å². The van der Waals surface area contributed by atoms with Crippen LogP contribution in [0, 0.1) is 30.1 Å². The van der Waals surface area contributed by atoms with Crippen molar-refractivity contribution in [1.29, 1.82) is 0 Å². The summed E-state index contributed by atoms with van der Waals surface area (Å²) >= 11 is 0. The van der Waals surface area contributed by atoms with Gasteiger partial charge < -0.3 is 11.1 Å². The van der Waals surface area contributed by atoms with Crippen LogP contribution >= 0.6 is 0 Å². The van der Waals surface area contributed by atoms with E-state index in [9.17, 15) is 18.0 Å². The Morgan fingerprint density at radius 1 is 1.03 bits per heavy atom. The number of nitrogens with two attached hydrogens (primary N) is 1. The van der Waals surface area contributed by atoms with E-state index in [2.05, 4.69) is 5.32 Å². The van der Waals surface area contributed by atoms with Crippen molar-refractivity contribution in [3.8, 4) is 11.1 Å². The standard InChI is InChI=1S/C29H35N3O4S/c1-18-11-24(9-10-25(18)20-5-3-2-4-6-20)37(35,36)32(23-7-8-23)17-26(33)31-27-21-12-19-13-22(27)16-29(14-19,15-21)28(30)34/h2-6,9-11,19,21-23,27H,7-8,12-17H2,1H3,(H2,30,34)(H,31,33). The Labute approximate surface area is 218 Å². The van der Waals surface area contributed by atoms with Gasteiger partial charge in [0.15, 0.2) is 0 Å². The van der Waals surface area contributed by atoms with Crippen LogP contribution in [0.1, 0.15) is 50.5 Å². The Morgan fingerprint density at radius 2 is 1.70 bits per heavy atom. The van der Waals surface area contributed by atoms with Crippen LogP contribution in [0.2, 0.25) is 0 Å². The van der Waals surface area contributed by atoms with Gasteiger partial charge in [0.05, 0.1) is 11.4 Å². The van der Waals surface area contributed by atoms with Gasteiger partial charge in [-0.3, -0.25) is 9.59 Å². The molecule has 37 heavy (non-hydrogen) atoms. The number of primary amides is 1. The van der Waals surface area contributed by atoms with Crippen LogP contribution in [0.5, 0.6) is 0 Å². The van der Waals surface area contributed by atoms with Crippen molar-refractivity contribution in [2.24, 2.45) is 28.9 Å². The third kappa shape index (κ3) is 4.38. The van der Waals surface area contributed by atoms with E-state index in [0.717, 1.165) is 61.6 Å². The van der Waals surface area contributed by atoms with Gasteiger partial charge in [-0.25, -0.2) is 8.42 Å². The zero-order valence-electron chi connectivity index (χ0n) is 21.2. The van der Waals surface area contributed by atoms with E-state index in [0.29, 0.717) is 5.92 Å². The number of sulfonamides is 1. The molecule has 7 nitrogen and oxygen atoms in total. The summed E-state index contributed by atoms with van der Waals surface area (Å²) in [6.07, 6.45) is 5.90. The minimum Gasteiger partial charge on any atom is -0.369 e. The molecule has 0 saturated heterocycles. The zero-order chi connectivity index (χ0) is 25.9. The van der Waals surface area contributed by atoms with E-state index in [1.54, 1.807) is 12.1 Å². The van der Waals surface area contributed by atoms with Crippen LogP contribution in [0.25, 0.3) is 11.1 Å². The molecule has 0 radical (unpaired) electrons. The summed E-state index contributed by atoms with van der Waals surface area (Å²) in [6.45, 7) is 1.74. The quantitative estimate of drug-likeness (QED) is 0.553. The van der Waals surface area contributed by atoms with Crippen molar-refractivity contribution in [2.45, 2.75) is 68.8 Å². The molecule has 5 fully saturated rings. The number of carbonyl (C=O) groups is 2. The average molecular weight is 522 g/mol. The topological polar surface area (TPSA) is 110 Å². The third-order valence-corrected chi connectivity index (χ3v) is 11.2. The molecule has 0 aromatic heterocycles. The highest BCUT2D eigenvalue weighted by atomic mass is 32.2. The lowest BCUT2D eigenvalue weighted by Gasteiger charge is -2.58. The molecule has 2 aromatic rings. The zero-order valence-corrected chi connectivity index (χ0v) is 22.0. The molecule has 5 aliphatic carbocycles. The van der Waals surface area contributed by atoms with Gasteiger partial charge in [-0.1, -0.05) is 36.4 Å². The average Bonchev–Trinajstić information content (AvgIpc) is 3.70. The van der Waals surface area contributed by atoms with Crippen molar-refractivity contribution in [1.82, 2.24) is 9.62 Å². The largest absolute Gasteiger partial charge is 0.369 e. The number of hydrogen-bond acceptors (Lipinski definition) is 4. The predicted octanol–water partition coefficient (Wildman–Crippen LogP) is 3.61. The van der Waals surface area contributed by atoms with E-state index in [4.69, 9.17) is 5.73 Å². The Morgan fingerprint density at radius 3 is 2.30 bits per heavy atom. The summed E-state index contributed by atoms with van der Waals surface area (Å²) in [6, 6.07) is 15.0. The molecule has 7 rings (SSSR count). The SMILES string of the molecule is Cc1cc(S(=O)(=O)N(CC(=O)NC2C3CC4CC2CC(C(N)=O)(C4)C3)C2CC2)ccc1-c1ccccc1. The van der Waals surface area contributed by atoms with Crippen LogP contribution in [0.3, 0.4) is 0 Å². The molecule has 5 saturated carbocycles. The van der Waals surface area contributed by atoms with Crippen molar-refractivity contribution in [3.05, 3.63) is 54.1 Å². The molecule has 2 aromatic carbocycles. The summed E-state index contributed by atoms with van der Waals surface area (Å²) in [5.41, 5.74) is 8.30. The van der Waals surface area contributed by atoms with Crippen molar-refractivity contribution < 1.29 is 18.0 Å². The number of carbonyl (C=O) groups excluding carboxylic acids is 2. The Bertz CT molecular complexity index is 1320. The van der Waals surface area contributed by atoms with Gasteiger partial charge in [-0.15, -0.1) is 0 Å². The van der Waals surface area contributed by atoms with E-state index in [-0.39, 0.29) is 47.2 Å². The molecule has 2 unspecified atom stereocenters. The first kappa shape index (κ1) is 24.6. The normalized spacial score (nSPS) is 30.4. The van der Waals surface area contributed by atoms with Gasteiger partial charge in [0.2, 0.25) is 21.8 Å². The van der Waals surface area contributed by atoms with Gasteiger partial charge in [0.25, 0.3) is 0 Å². The van der Waals surface area contributed by atoms with Gasteiger partial charge >= 0.3 is 0 Å². The van der Waals surface area contributed by atoms with Crippen LogP contribution in [-0.4, -0.2) is 43.2 Å². The molecule has 8 heteroatoms. The molecule has 3 N–H and O–H groups in total. The number of nitrogens with zero attached hydrogens (tertiary/aromatic N) is 1. The van der Waals surface area contributed by atoms with Crippen LogP contribution in [0.4, 0.5) is 0 Å². The van der Waals surface area contributed by atoms with E-state index in [1.165, 1.54) is 4.31 Å². The number of amides is 2. The highest BCUT2D eigenvalue weighted by molar-refractivity contribution is 7.89. The van der Waals surface area contributed by atoms with E-state index in [1.807, 2.05) is 43.3 Å². The second-order valence-electron chi connectivity index (χ2n) is 11.8. The predicted molar refractivity (Wildman–Crippen MR) is 141 cm³/mol. The molecular formula is C29H35N3O4S. The van der Waals surface area contributed by atoms with Crippen molar-refractivity contribution in [3.63, 3.8) is 0 Å². The fourth-order valence-electron chi connectivity index (χ4n) is 7.58. The van der Waals surface area contributed by atoms with Crippen LogP contribution < -0.4 is 11.1 Å². The highest BCUT2D eigenvalue weighted by Gasteiger charge is 2.58. The minimum absolute atomic E-state index is 0.00678. The second kappa shape index (κ2) is 8.95. The number of aryl methyl sites for hydroxylation is 1. The third-order valence-electron chi connectivity index (χ3n) is 9.27. The van der Waals surface area contributed by atoms with Crippen LogP contribution in [0.15, 0.2) is 53.4 Å². The summed E-state index contributed by atoms with van der Waals surface area (Å²) in [5, 5.41) is 3.20. The van der Waals surface area contributed by atoms with Gasteiger partial charge in [-0.2, -0.15) is 4.31 Å². The monoisotopic (exact) mass is 521 g/mol. The van der Waals surface area contributed by atoms with Gasteiger partial charge in [0.1, 0.15) is 0 Å². The lowest BCUT2D eigenvalue weighted by molar-refractivity contribution is -0.147. The number of nitrogens with one attached hydrogen (secondary N) is 1. The molecule has 0 aliphatic heterocycles. The maximum atomic E-state index is 13.7. The Hall–Kier alpha value is -2.71. The van der Waals surface area contributed by atoms with E-state index >= 15 is 0 Å². The molecule has 0 heterocycles. The van der Waals surface area contributed by atoms with E-state index < -0.39 is 15.4 Å². The molecule has 2 amide bonds. The number of rotatable bonds is 8. The fourth-order valence-corrected chi connectivity index (χ4v) is 9.31. The fraction of sp³-hybridized carbons (Fsp3) is 0.517. The second-order valence-corrected chi connectivity index (χ2v) is 13.7. The molecule has 0 spiro atoms. The first-order chi connectivity index (χ1) is 17.7. The lowest BCUT2D eigenvalue weighted by Crippen LogP contribution is -2.62. The highest BCUT2D eigenvalue weighted by Crippen LogP contribution is 2.59. The van der Waals surface area contributed by atoms with Crippen LogP contribution in [-0.2, 0) is 19.6 Å². The first-order valence-corrected chi connectivity index (χ1v) is 14.9. The number of hydrogen-bond donors (Lipinski definition) is 2. The first-order valence-electron chi connectivity index (χ1n) is 13.4. The Kier molecular flexibility index (Phi) is 5.95.